The van der Waals surface area contributed by atoms with Crippen LogP contribution in [0.3, 0.4) is 0 Å². The second kappa shape index (κ2) is 20.8. The Morgan fingerprint density at radius 1 is 0.962 bits per heavy atom. The van der Waals surface area contributed by atoms with Crippen LogP contribution in [-0.4, -0.2) is 127 Å². The lowest BCUT2D eigenvalue weighted by Crippen LogP contribution is -2.60. The van der Waals surface area contributed by atoms with E-state index >= 15 is 0 Å². The molecule has 0 aliphatic carbocycles. The summed E-state index contributed by atoms with van der Waals surface area (Å²) < 4.78 is 11.8. The van der Waals surface area contributed by atoms with Gasteiger partial charge in [-0.25, -0.2) is 4.79 Å². The molecule has 0 radical (unpaired) electrons. The summed E-state index contributed by atoms with van der Waals surface area (Å²) in [6, 6.07) is 6.20. The molecule has 5 N–H and O–H groups in total. The minimum absolute atomic E-state index is 0.00879. The van der Waals surface area contributed by atoms with Crippen LogP contribution in [0.15, 0.2) is 30.3 Å². The van der Waals surface area contributed by atoms with Crippen molar-refractivity contribution in [1.82, 2.24) is 25.8 Å². The first-order valence-corrected chi connectivity index (χ1v) is 18.8. The zero-order valence-corrected chi connectivity index (χ0v) is 33.5. The fourth-order valence-corrected chi connectivity index (χ4v) is 7.43. The van der Waals surface area contributed by atoms with Gasteiger partial charge in [0.15, 0.2) is 0 Å². The number of hydrogen-bond donors (Lipinski definition) is 5. The van der Waals surface area contributed by atoms with Gasteiger partial charge in [0, 0.05) is 34.2 Å². The lowest BCUT2D eigenvalue weighted by atomic mass is 9.89. The van der Waals surface area contributed by atoms with Crippen molar-refractivity contribution >= 4 is 29.6 Å². The Kier molecular flexibility index (Phi) is 17.8. The van der Waals surface area contributed by atoms with E-state index in [1.54, 1.807) is 61.2 Å². The zero-order valence-electron chi connectivity index (χ0n) is 33.5. The molecule has 0 unspecified atom stereocenters. The number of aliphatic carboxylic acids is 1. The molecule has 1 saturated heterocycles. The quantitative estimate of drug-likeness (QED) is 0.117. The summed E-state index contributed by atoms with van der Waals surface area (Å²) in [5, 5.41) is 29.2. The van der Waals surface area contributed by atoms with E-state index in [4.69, 9.17) is 9.47 Å². The molecule has 53 heavy (non-hydrogen) atoms. The van der Waals surface area contributed by atoms with Crippen LogP contribution in [0.1, 0.15) is 79.7 Å². The number of carboxylic acid groups (broad SMARTS) is 1. The molecule has 1 aromatic rings. The Hall–Kier alpha value is -3.59. The third-order valence-corrected chi connectivity index (χ3v) is 10.7. The number of methoxy groups -OCH3 is 2. The van der Waals surface area contributed by atoms with Gasteiger partial charge in [-0.1, -0.05) is 85.2 Å². The smallest absolute Gasteiger partial charge is 0.357 e. The molecule has 1 aliphatic heterocycles. The Balaban J connectivity index is 2.29. The minimum atomic E-state index is -2.56. The first kappa shape index (κ1) is 45.6. The highest BCUT2D eigenvalue weighted by atomic mass is 16.5. The van der Waals surface area contributed by atoms with Crippen molar-refractivity contribution in [3.05, 3.63) is 35.9 Å². The molecule has 1 aliphatic rings. The average molecular weight is 748 g/mol. The number of rotatable bonds is 21. The summed E-state index contributed by atoms with van der Waals surface area (Å²) >= 11 is 0. The van der Waals surface area contributed by atoms with Crippen LogP contribution in [0.5, 0.6) is 0 Å². The van der Waals surface area contributed by atoms with E-state index in [0.29, 0.717) is 31.4 Å². The topological polar surface area (TPSA) is 187 Å². The third-order valence-electron chi connectivity index (χ3n) is 10.7. The molecule has 1 aromatic carbocycles. The number of hydrogen-bond acceptors (Lipinski definition) is 9. The van der Waals surface area contributed by atoms with Crippen LogP contribution in [0, 0.1) is 23.7 Å². The van der Waals surface area contributed by atoms with E-state index in [0.717, 1.165) is 0 Å². The first-order chi connectivity index (χ1) is 24.9. The van der Waals surface area contributed by atoms with E-state index < -0.39 is 59.9 Å². The van der Waals surface area contributed by atoms with Crippen molar-refractivity contribution in [2.75, 3.05) is 34.9 Å². The highest BCUT2D eigenvalue weighted by molar-refractivity contribution is 5.90. The van der Waals surface area contributed by atoms with Crippen LogP contribution in [-0.2, 0) is 39.9 Å². The van der Waals surface area contributed by atoms with Gasteiger partial charge in [0.1, 0.15) is 6.04 Å². The van der Waals surface area contributed by atoms with E-state index in [1.165, 1.54) is 14.2 Å². The summed E-state index contributed by atoms with van der Waals surface area (Å²) in [5.41, 5.74) is -2.04. The van der Waals surface area contributed by atoms with Gasteiger partial charge >= 0.3 is 5.97 Å². The van der Waals surface area contributed by atoms with E-state index in [9.17, 15) is 34.2 Å². The number of ether oxygens (including phenoxy) is 2. The molecule has 0 spiro atoms. The maximum Gasteiger partial charge on any atom is 0.357 e. The maximum atomic E-state index is 14.1. The summed E-state index contributed by atoms with van der Waals surface area (Å²) in [6.45, 7) is 13.6. The Morgan fingerprint density at radius 3 is 2.06 bits per heavy atom. The van der Waals surface area contributed by atoms with Crippen molar-refractivity contribution < 1.29 is 43.7 Å². The second-order valence-corrected chi connectivity index (χ2v) is 15.1. The molecule has 0 bridgehead atoms. The molecular weight excluding hydrogens is 682 g/mol. The molecule has 1 heterocycles. The average Bonchev–Trinajstić information content (AvgIpc) is 3.60. The zero-order chi connectivity index (χ0) is 40.2. The summed E-state index contributed by atoms with van der Waals surface area (Å²) in [6.07, 6.45) is -0.0141. The van der Waals surface area contributed by atoms with Gasteiger partial charge in [-0.05, 0) is 43.2 Å². The number of nitrogens with zero attached hydrogens (tertiary/aromatic N) is 2. The molecule has 0 saturated carbocycles. The molecule has 2 rings (SSSR count). The number of carbonyl (C=O) groups is 5. The molecule has 9 atom stereocenters. The molecule has 14 nitrogen and oxygen atoms in total. The van der Waals surface area contributed by atoms with Crippen molar-refractivity contribution in [3.8, 4) is 0 Å². The maximum absolute atomic E-state index is 14.1. The largest absolute Gasteiger partial charge is 0.478 e. The highest BCUT2D eigenvalue weighted by Gasteiger charge is 2.45. The number of benzene rings is 1. The van der Waals surface area contributed by atoms with E-state index in [1.807, 2.05) is 41.5 Å². The molecule has 0 aromatic heterocycles. The number of amides is 4. The number of likely N-dealkylation sites (N-methyl/N-ethyl adjacent to an activating group) is 2. The Labute approximate surface area is 315 Å². The normalized spacial score (nSPS) is 19.7. The van der Waals surface area contributed by atoms with Crippen molar-refractivity contribution in [1.29, 1.82) is 0 Å². The number of aliphatic hydroxyl groups is 1. The van der Waals surface area contributed by atoms with Crippen LogP contribution in [0.2, 0.25) is 0 Å². The van der Waals surface area contributed by atoms with Crippen LogP contribution in [0.25, 0.3) is 0 Å². The summed E-state index contributed by atoms with van der Waals surface area (Å²) in [4.78, 5) is 70.4. The standard InChI is InChI=1S/C39H65N5O9/c1-12-25(6)33(43(9)37(48)32(24(4)5)41-36(47)31(40-8)23(2)3)29(52-10)21-30(45)44-20-16-19-28(44)34(53-11)26(7)35(46)42-39(51,38(49)50)22-27-17-14-13-15-18-27/h13-15,17-18,23-26,28-29,31-34,40,51H,12,16,19-22H2,1-11H3,(H,41,47)(H,42,46)(H,49,50)/t25-,26+,28-,29+,31-,32-,33-,34+,39+/m0/s1. The fraction of sp³-hybridized carbons (Fsp3) is 0.718. The van der Waals surface area contributed by atoms with Crippen molar-refractivity contribution in [2.24, 2.45) is 23.7 Å². The lowest BCUT2D eigenvalue weighted by Gasteiger charge is -2.41. The minimum Gasteiger partial charge on any atom is -0.478 e. The predicted octanol–water partition coefficient (Wildman–Crippen LogP) is 2.42. The van der Waals surface area contributed by atoms with Crippen LogP contribution < -0.4 is 16.0 Å². The van der Waals surface area contributed by atoms with Crippen LogP contribution >= 0.6 is 0 Å². The molecule has 14 heteroatoms. The van der Waals surface area contributed by atoms with Gasteiger partial charge < -0.3 is 45.4 Å². The number of carboxylic acids is 1. The number of carbonyl (C=O) groups excluding carboxylic acids is 4. The number of nitrogens with one attached hydrogen (secondary N) is 3. The van der Waals surface area contributed by atoms with Crippen LogP contribution in [0.4, 0.5) is 0 Å². The number of likely N-dealkylation sites (tertiary alicyclic amines) is 1. The van der Waals surface area contributed by atoms with Gasteiger partial charge in [-0.15, -0.1) is 0 Å². The first-order valence-electron chi connectivity index (χ1n) is 18.8. The van der Waals surface area contributed by atoms with E-state index in [2.05, 4.69) is 16.0 Å². The van der Waals surface area contributed by atoms with Crippen molar-refractivity contribution in [3.63, 3.8) is 0 Å². The van der Waals surface area contributed by atoms with Gasteiger partial charge in [-0.3, -0.25) is 19.2 Å². The second-order valence-electron chi connectivity index (χ2n) is 15.1. The molecule has 300 valence electrons. The van der Waals surface area contributed by atoms with Gasteiger partial charge in [0.05, 0.1) is 42.7 Å². The molecule has 1 fully saturated rings. The van der Waals surface area contributed by atoms with Crippen molar-refractivity contribution in [2.45, 2.75) is 123 Å². The monoisotopic (exact) mass is 747 g/mol. The fourth-order valence-electron chi connectivity index (χ4n) is 7.43. The summed E-state index contributed by atoms with van der Waals surface area (Å²) in [5.74, 6) is -4.32. The molecular formula is C39H65N5O9. The molecule has 4 amide bonds. The summed E-state index contributed by atoms with van der Waals surface area (Å²) in [7, 11) is 6.34. The van der Waals surface area contributed by atoms with E-state index in [-0.39, 0.29) is 48.3 Å². The van der Waals surface area contributed by atoms with Gasteiger partial charge in [-0.2, -0.15) is 0 Å². The lowest BCUT2D eigenvalue weighted by molar-refractivity contribution is -0.167. The third kappa shape index (κ3) is 11.7. The van der Waals surface area contributed by atoms with Gasteiger partial charge in [0.25, 0.3) is 0 Å². The predicted molar refractivity (Wildman–Crippen MR) is 201 cm³/mol. The SMILES string of the molecule is CC[C@H](C)[C@@H]([C@@H](CC(=O)N1CCC[C@H]1[C@H](OC)[C@@H](C)C(=O)N[C@@](O)(Cc1ccccc1)C(=O)O)OC)N(C)C(=O)[C@@H](NC(=O)[C@@H](NC)C(C)C)C(C)C. The Morgan fingerprint density at radius 2 is 1.57 bits per heavy atom. The Bertz CT molecular complexity index is 1360. The highest BCUT2D eigenvalue weighted by Crippen LogP contribution is 2.30. The van der Waals surface area contributed by atoms with Gasteiger partial charge in [0.2, 0.25) is 29.4 Å².